The van der Waals surface area contributed by atoms with Crippen molar-refractivity contribution in [3.8, 4) is 11.1 Å². The molecule has 1 spiro atoms. The zero-order valence-electron chi connectivity index (χ0n) is 19.6. The first-order chi connectivity index (χ1) is 16.9. The highest BCUT2D eigenvalue weighted by Crippen LogP contribution is 2.47. The van der Waals surface area contributed by atoms with Crippen LogP contribution in [0.25, 0.3) is 22.0 Å². The Hall–Kier alpha value is -3.19. The van der Waals surface area contributed by atoms with E-state index in [1.54, 1.807) is 0 Å². The summed E-state index contributed by atoms with van der Waals surface area (Å²) >= 11 is 6.81. The molecule has 7 nitrogen and oxygen atoms in total. The topological polar surface area (TPSA) is 70.8 Å². The van der Waals surface area contributed by atoms with Gasteiger partial charge in [0, 0.05) is 49.5 Å². The van der Waals surface area contributed by atoms with Crippen LogP contribution in [0.4, 0.5) is 0 Å². The van der Waals surface area contributed by atoms with E-state index in [0.29, 0.717) is 17.4 Å². The smallest absolute Gasteiger partial charge is 0.256 e. The molecule has 1 saturated heterocycles. The molecule has 2 aromatic carbocycles. The summed E-state index contributed by atoms with van der Waals surface area (Å²) < 4.78 is 1.86. The lowest BCUT2D eigenvalue weighted by molar-refractivity contribution is -0.139. The minimum atomic E-state index is -0.587. The highest BCUT2D eigenvalue weighted by Gasteiger charge is 2.58. The second-order valence-electron chi connectivity index (χ2n) is 10.5. The van der Waals surface area contributed by atoms with E-state index in [2.05, 4.69) is 23.3 Å². The average molecular weight is 488 g/mol. The Labute approximate surface area is 208 Å². The Balaban J connectivity index is 1.14. The van der Waals surface area contributed by atoms with Crippen molar-refractivity contribution in [2.24, 2.45) is 23.9 Å². The summed E-state index contributed by atoms with van der Waals surface area (Å²) in [6, 6.07) is 12.2. The van der Waals surface area contributed by atoms with Crippen LogP contribution in [0, 0.1) is 11.8 Å². The number of aromatic nitrogens is 2. The standard InChI is InChI=1S/C27H26ClN5O2/c1-31-23-7-5-18(10-20(23)12-29-31)19-4-6-21(22(28)11-19)24-30-27(8-9-27)26(35)33(24)15-16-13-32(14-16)25(34)17-2-3-17/h4-7,10-12,16-17H,2-3,8-9,13-15H2,1H3. The number of carbonyl (C=O) groups is 2. The fourth-order valence-corrected chi connectivity index (χ4v) is 5.67. The Bertz CT molecular complexity index is 1430. The number of benzene rings is 2. The first-order valence-corrected chi connectivity index (χ1v) is 12.7. The molecule has 1 aromatic heterocycles. The number of carbonyl (C=O) groups excluding carboxylic acids is 2. The summed E-state index contributed by atoms with van der Waals surface area (Å²) in [5.41, 5.74) is 3.36. The molecule has 0 N–H and O–H groups in total. The number of amides is 2. The van der Waals surface area contributed by atoms with E-state index in [1.165, 1.54) is 0 Å². The van der Waals surface area contributed by atoms with Gasteiger partial charge in [0.2, 0.25) is 5.91 Å². The van der Waals surface area contributed by atoms with Crippen LogP contribution in [0.15, 0.2) is 47.6 Å². The summed E-state index contributed by atoms with van der Waals surface area (Å²) in [7, 11) is 1.93. The van der Waals surface area contributed by atoms with E-state index >= 15 is 0 Å². The number of nitrogens with zero attached hydrogens (tertiary/aromatic N) is 5. The van der Waals surface area contributed by atoms with Crippen LogP contribution in [0.2, 0.25) is 5.02 Å². The second kappa shape index (κ2) is 7.40. The van der Waals surface area contributed by atoms with Gasteiger partial charge in [-0.05, 0) is 61.1 Å². The van der Waals surface area contributed by atoms with Crippen molar-refractivity contribution < 1.29 is 9.59 Å². The van der Waals surface area contributed by atoms with E-state index in [1.807, 2.05) is 45.9 Å². The minimum absolute atomic E-state index is 0.0849. The van der Waals surface area contributed by atoms with Gasteiger partial charge in [0.1, 0.15) is 11.4 Å². The van der Waals surface area contributed by atoms with E-state index in [0.717, 1.165) is 66.4 Å². The molecule has 2 aliphatic carbocycles. The van der Waals surface area contributed by atoms with Gasteiger partial charge < -0.3 is 4.90 Å². The largest absolute Gasteiger partial charge is 0.342 e. The molecule has 2 saturated carbocycles. The molecule has 2 aliphatic heterocycles. The number of halogens is 1. The van der Waals surface area contributed by atoms with Crippen LogP contribution in [0.3, 0.4) is 0 Å². The van der Waals surface area contributed by atoms with Gasteiger partial charge in [-0.25, -0.2) is 0 Å². The maximum atomic E-state index is 13.3. The summed E-state index contributed by atoms with van der Waals surface area (Å²) in [5.74, 6) is 1.57. The van der Waals surface area contributed by atoms with Gasteiger partial charge >= 0.3 is 0 Å². The molecule has 0 atom stereocenters. The van der Waals surface area contributed by atoms with Crippen molar-refractivity contribution >= 4 is 40.2 Å². The number of amidine groups is 1. The number of aliphatic imine (C=N–C) groups is 1. The molecule has 2 amide bonds. The molecule has 0 radical (unpaired) electrons. The van der Waals surface area contributed by atoms with Crippen LogP contribution < -0.4 is 0 Å². The van der Waals surface area contributed by atoms with E-state index < -0.39 is 5.54 Å². The maximum absolute atomic E-state index is 13.3. The highest BCUT2D eigenvalue weighted by atomic mass is 35.5. The fraction of sp³-hybridized carbons (Fsp3) is 0.407. The Morgan fingerprint density at radius 3 is 2.57 bits per heavy atom. The molecule has 3 heterocycles. The van der Waals surface area contributed by atoms with Crippen molar-refractivity contribution in [3.63, 3.8) is 0 Å². The minimum Gasteiger partial charge on any atom is -0.342 e. The van der Waals surface area contributed by atoms with Gasteiger partial charge in [-0.15, -0.1) is 0 Å². The average Bonchev–Trinajstić information content (AvgIpc) is 3.75. The SMILES string of the molecule is Cn1ncc2cc(-c3ccc(C4=NC5(CC5)C(=O)N4CC4CN(C(=O)C5CC5)C4)c(Cl)c3)ccc21. The zero-order valence-corrected chi connectivity index (χ0v) is 20.3. The Kier molecular flexibility index (Phi) is 4.47. The van der Waals surface area contributed by atoms with Gasteiger partial charge in [0.15, 0.2) is 0 Å². The molecule has 8 heteroatoms. The third-order valence-electron chi connectivity index (χ3n) is 7.87. The molecule has 35 heavy (non-hydrogen) atoms. The van der Waals surface area contributed by atoms with Crippen molar-refractivity contribution in [1.82, 2.24) is 19.6 Å². The van der Waals surface area contributed by atoms with Gasteiger partial charge in [0.25, 0.3) is 5.91 Å². The third kappa shape index (κ3) is 3.39. The van der Waals surface area contributed by atoms with Gasteiger partial charge in [0.05, 0.1) is 16.7 Å². The first kappa shape index (κ1) is 21.1. The summed E-state index contributed by atoms with van der Waals surface area (Å²) in [6.07, 6.45) is 5.50. The lowest BCUT2D eigenvalue weighted by Crippen LogP contribution is -2.55. The molecular weight excluding hydrogens is 462 g/mol. The number of likely N-dealkylation sites (tertiary alicyclic amines) is 1. The zero-order chi connectivity index (χ0) is 23.9. The van der Waals surface area contributed by atoms with Crippen molar-refractivity contribution in [2.75, 3.05) is 19.6 Å². The summed E-state index contributed by atoms with van der Waals surface area (Å²) in [5, 5.41) is 5.99. The monoisotopic (exact) mass is 487 g/mol. The molecule has 0 unspecified atom stereocenters. The molecule has 3 fully saturated rings. The number of aryl methyl sites for hydroxylation is 1. The van der Waals surface area contributed by atoms with Crippen LogP contribution in [0.1, 0.15) is 31.2 Å². The molecule has 4 aliphatic rings. The predicted molar refractivity (Wildman–Crippen MR) is 134 cm³/mol. The molecule has 7 rings (SSSR count). The third-order valence-corrected chi connectivity index (χ3v) is 8.18. The second-order valence-corrected chi connectivity index (χ2v) is 10.9. The maximum Gasteiger partial charge on any atom is 0.256 e. The number of hydrogen-bond donors (Lipinski definition) is 0. The van der Waals surface area contributed by atoms with Crippen LogP contribution in [0.5, 0.6) is 0 Å². The van der Waals surface area contributed by atoms with Gasteiger partial charge in [-0.2, -0.15) is 5.10 Å². The lowest BCUT2D eigenvalue weighted by Gasteiger charge is -2.41. The number of fused-ring (bicyclic) bond motifs is 1. The predicted octanol–water partition coefficient (Wildman–Crippen LogP) is 3.88. The first-order valence-electron chi connectivity index (χ1n) is 12.3. The van der Waals surface area contributed by atoms with E-state index in [4.69, 9.17) is 16.6 Å². The number of hydrogen-bond acceptors (Lipinski definition) is 4. The Morgan fingerprint density at radius 2 is 1.86 bits per heavy atom. The van der Waals surface area contributed by atoms with Crippen LogP contribution >= 0.6 is 11.6 Å². The highest BCUT2D eigenvalue weighted by molar-refractivity contribution is 6.35. The molecule has 0 bridgehead atoms. The van der Waals surface area contributed by atoms with Crippen LogP contribution in [-0.4, -0.2) is 62.4 Å². The van der Waals surface area contributed by atoms with Crippen molar-refractivity contribution in [3.05, 3.63) is 53.2 Å². The lowest BCUT2D eigenvalue weighted by atomic mass is 9.97. The molecule has 178 valence electrons. The fourth-order valence-electron chi connectivity index (χ4n) is 5.41. The van der Waals surface area contributed by atoms with Crippen molar-refractivity contribution in [1.29, 1.82) is 0 Å². The molecular formula is C27H26ClN5O2. The van der Waals surface area contributed by atoms with E-state index in [9.17, 15) is 9.59 Å². The quantitative estimate of drug-likeness (QED) is 0.548. The summed E-state index contributed by atoms with van der Waals surface area (Å²) in [4.78, 5) is 34.3. The molecule has 3 aromatic rings. The Morgan fingerprint density at radius 1 is 1.11 bits per heavy atom. The van der Waals surface area contributed by atoms with Gasteiger partial charge in [-0.1, -0.05) is 23.7 Å². The van der Waals surface area contributed by atoms with E-state index in [-0.39, 0.29) is 23.7 Å². The summed E-state index contributed by atoms with van der Waals surface area (Å²) in [6.45, 7) is 2.04. The normalized spacial score (nSPS) is 21.1. The van der Waals surface area contributed by atoms with Crippen molar-refractivity contribution in [2.45, 2.75) is 31.2 Å². The van der Waals surface area contributed by atoms with Crippen LogP contribution in [-0.2, 0) is 16.6 Å². The number of rotatable bonds is 5. The van der Waals surface area contributed by atoms with Gasteiger partial charge in [-0.3, -0.25) is 24.2 Å².